The highest BCUT2D eigenvalue weighted by Crippen LogP contribution is 2.07. The summed E-state index contributed by atoms with van der Waals surface area (Å²) in [4.78, 5) is 35.6. The van der Waals surface area contributed by atoms with Crippen LogP contribution in [0.3, 0.4) is 0 Å². The Hall–Kier alpha value is -2.37. The van der Waals surface area contributed by atoms with Crippen molar-refractivity contribution in [3.05, 3.63) is 35.4 Å². The maximum Gasteiger partial charge on any atom is 0.345 e. The summed E-state index contributed by atoms with van der Waals surface area (Å²) in [6.45, 7) is 1.78. The first-order valence-corrected chi connectivity index (χ1v) is 5.45. The number of likely N-dealkylation sites (N-methyl/N-ethyl adjacent to an activating group) is 1. The normalized spacial score (nSPS) is 15.2. The molecule has 0 aliphatic carbocycles. The van der Waals surface area contributed by atoms with E-state index in [1.807, 2.05) is 6.92 Å². The number of carbonyl (C=O) groups excluding carboxylic acids is 3. The molecule has 18 heavy (non-hydrogen) atoms. The van der Waals surface area contributed by atoms with E-state index in [4.69, 9.17) is 0 Å². The molecule has 0 atom stereocenters. The number of rotatable bonds is 2. The SMILES string of the molecule is Cc1ccc(C(=O)NN2CC(=O)N(C)C2=O)cc1. The van der Waals surface area contributed by atoms with Gasteiger partial charge in [-0.1, -0.05) is 17.7 Å². The van der Waals surface area contributed by atoms with Gasteiger partial charge in [0.2, 0.25) is 0 Å². The molecule has 1 N–H and O–H groups in total. The number of urea groups is 1. The lowest BCUT2D eigenvalue weighted by Crippen LogP contribution is -2.44. The van der Waals surface area contributed by atoms with Crippen molar-refractivity contribution < 1.29 is 14.4 Å². The summed E-state index contributed by atoms with van der Waals surface area (Å²) in [5.41, 5.74) is 3.89. The Morgan fingerprint density at radius 3 is 2.33 bits per heavy atom. The van der Waals surface area contributed by atoms with Crippen LogP contribution in [0.25, 0.3) is 0 Å². The molecule has 1 aromatic rings. The first kappa shape index (κ1) is 12.1. The molecule has 6 nitrogen and oxygen atoms in total. The summed E-state index contributed by atoms with van der Waals surface area (Å²) in [7, 11) is 1.38. The van der Waals surface area contributed by atoms with Crippen molar-refractivity contribution in [2.45, 2.75) is 6.92 Å². The number of nitrogens with zero attached hydrogens (tertiary/aromatic N) is 2. The van der Waals surface area contributed by atoms with E-state index in [0.29, 0.717) is 5.56 Å². The van der Waals surface area contributed by atoms with Crippen molar-refractivity contribution in [1.29, 1.82) is 0 Å². The second-order valence-corrected chi connectivity index (χ2v) is 4.13. The fraction of sp³-hybridized carbons (Fsp3) is 0.250. The molecule has 1 aromatic carbocycles. The number of aryl methyl sites for hydroxylation is 1. The molecule has 1 fully saturated rings. The van der Waals surface area contributed by atoms with E-state index in [1.54, 1.807) is 24.3 Å². The number of imide groups is 1. The number of amides is 4. The van der Waals surface area contributed by atoms with Gasteiger partial charge in [-0.05, 0) is 19.1 Å². The first-order chi connectivity index (χ1) is 8.49. The monoisotopic (exact) mass is 247 g/mol. The van der Waals surface area contributed by atoms with Crippen molar-refractivity contribution in [3.63, 3.8) is 0 Å². The van der Waals surface area contributed by atoms with E-state index in [0.717, 1.165) is 15.5 Å². The molecule has 1 saturated heterocycles. The van der Waals surface area contributed by atoms with E-state index >= 15 is 0 Å². The summed E-state index contributed by atoms with van der Waals surface area (Å²) in [5.74, 6) is -0.754. The van der Waals surface area contributed by atoms with Gasteiger partial charge in [0.05, 0.1) is 0 Å². The van der Waals surface area contributed by atoms with Crippen LogP contribution in [-0.4, -0.2) is 41.3 Å². The van der Waals surface area contributed by atoms with E-state index in [2.05, 4.69) is 5.43 Å². The van der Waals surface area contributed by atoms with Crippen LogP contribution in [0.15, 0.2) is 24.3 Å². The Kier molecular flexibility index (Phi) is 3.01. The highest BCUT2D eigenvalue weighted by atomic mass is 16.2. The average molecular weight is 247 g/mol. The Bertz CT molecular complexity index is 510. The zero-order chi connectivity index (χ0) is 13.3. The molecule has 2 rings (SSSR count). The first-order valence-electron chi connectivity index (χ1n) is 5.45. The van der Waals surface area contributed by atoms with E-state index < -0.39 is 11.9 Å². The highest BCUT2D eigenvalue weighted by Gasteiger charge is 2.34. The van der Waals surface area contributed by atoms with E-state index in [1.165, 1.54) is 7.05 Å². The van der Waals surface area contributed by atoms with Crippen molar-refractivity contribution in [1.82, 2.24) is 15.3 Å². The third-order valence-electron chi connectivity index (χ3n) is 2.74. The number of nitrogens with one attached hydrogen (secondary N) is 1. The maximum absolute atomic E-state index is 11.8. The predicted molar refractivity (Wildman–Crippen MR) is 63.5 cm³/mol. The van der Waals surface area contributed by atoms with Crippen LogP contribution in [-0.2, 0) is 4.79 Å². The van der Waals surface area contributed by atoms with Gasteiger partial charge < -0.3 is 0 Å². The van der Waals surface area contributed by atoms with Gasteiger partial charge in [0.1, 0.15) is 6.54 Å². The summed E-state index contributed by atoms with van der Waals surface area (Å²) >= 11 is 0. The Morgan fingerprint density at radius 1 is 1.22 bits per heavy atom. The van der Waals surface area contributed by atoms with Gasteiger partial charge in [0.15, 0.2) is 0 Å². The van der Waals surface area contributed by atoms with E-state index in [-0.39, 0.29) is 12.5 Å². The van der Waals surface area contributed by atoms with Crippen LogP contribution < -0.4 is 5.43 Å². The molecule has 0 unspecified atom stereocenters. The molecule has 0 radical (unpaired) electrons. The smallest absolute Gasteiger partial charge is 0.272 e. The molecule has 1 heterocycles. The van der Waals surface area contributed by atoms with Gasteiger partial charge in [-0.3, -0.25) is 19.9 Å². The fourth-order valence-corrected chi connectivity index (χ4v) is 1.58. The number of hydrazine groups is 1. The predicted octanol–water partition coefficient (Wildman–Crippen LogP) is 0.534. The summed E-state index contributed by atoms with van der Waals surface area (Å²) in [5, 5.41) is 1.00. The van der Waals surface area contributed by atoms with Crippen molar-refractivity contribution in [2.75, 3.05) is 13.6 Å². The quantitative estimate of drug-likeness (QED) is 0.775. The second kappa shape index (κ2) is 4.48. The van der Waals surface area contributed by atoms with Gasteiger partial charge in [0, 0.05) is 12.6 Å². The summed E-state index contributed by atoms with van der Waals surface area (Å²) in [6, 6.07) is 6.41. The highest BCUT2D eigenvalue weighted by molar-refractivity contribution is 6.03. The molecule has 0 spiro atoms. The van der Waals surface area contributed by atoms with Gasteiger partial charge in [-0.15, -0.1) is 0 Å². The van der Waals surface area contributed by atoms with Gasteiger partial charge in [0.25, 0.3) is 11.8 Å². The lowest BCUT2D eigenvalue weighted by atomic mass is 10.1. The third kappa shape index (κ3) is 2.17. The third-order valence-corrected chi connectivity index (χ3v) is 2.74. The molecule has 0 saturated carbocycles. The van der Waals surface area contributed by atoms with Crippen LogP contribution in [0.2, 0.25) is 0 Å². The lowest BCUT2D eigenvalue weighted by molar-refractivity contribution is -0.124. The van der Waals surface area contributed by atoms with Gasteiger partial charge in [-0.25, -0.2) is 9.80 Å². The average Bonchev–Trinajstić information content (AvgIpc) is 2.58. The number of benzene rings is 1. The van der Waals surface area contributed by atoms with Crippen LogP contribution >= 0.6 is 0 Å². The topological polar surface area (TPSA) is 69.7 Å². The number of hydrogen-bond donors (Lipinski definition) is 1. The Balaban J connectivity index is 2.06. The van der Waals surface area contributed by atoms with Crippen molar-refractivity contribution >= 4 is 17.8 Å². The number of hydrogen-bond acceptors (Lipinski definition) is 3. The van der Waals surface area contributed by atoms with E-state index in [9.17, 15) is 14.4 Å². The molecule has 0 bridgehead atoms. The minimum atomic E-state index is -0.527. The molecular formula is C12H13N3O3. The van der Waals surface area contributed by atoms with Crippen LogP contribution in [0.5, 0.6) is 0 Å². The van der Waals surface area contributed by atoms with Gasteiger partial charge >= 0.3 is 6.03 Å². The van der Waals surface area contributed by atoms with Crippen LogP contribution in [0.1, 0.15) is 15.9 Å². The van der Waals surface area contributed by atoms with Crippen molar-refractivity contribution in [2.24, 2.45) is 0 Å². The molecule has 0 aromatic heterocycles. The standard InChI is InChI=1S/C12H13N3O3/c1-8-3-5-9(6-4-8)11(17)13-15-7-10(16)14(2)12(15)18/h3-6H,7H2,1-2H3,(H,13,17). The Labute approximate surface area is 104 Å². The summed E-state index contributed by atoms with van der Waals surface area (Å²) < 4.78 is 0. The fourth-order valence-electron chi connectivity index (χ4n) is 1.58. The molecule has 1 aliphatic heterocycles. The minimum absolute atomic E-state index is 0.132. The molecule has 94 valence electrons. The van der Waals surface area contributed by atoms with Crippen LogP contribution in [0, 0.1) is 6.92 Å². The Morgan fingerprint density at radius 2 is 1.83 bits per heavy atom. The largest absolute Gasteiger partial charge is 0.345 e. The zero-order valence-corrected chi connectivity index (χ0v) is 10.1. The molecule has 4 amide bonds. The van der Waals surface area contributed by atoms with Crippen LogP contribution in [0.4, 0.5) is 4.79 Å². The molecule has 6 heteroatoms. The zero-order valence-electron chi connectivity index (χ0n) is 10.1. The second-order valence-electron chi connectivity index (χ2n) is 4.13. The minimum Gasteiger partial charge on any atom is -0.272 e. The lowest BCUT2D eigenvalue weighted by Gasteiger charge is -2.15. The van der Waals surface area contributed by atoms with Crippen molar-refractivity contribution in [3.8, 4) is 0 Å². The molecule has 1 aliphatic rings. The number of carbonyl (C=O) groups is 3. The summed E-state index contributed by atoms with van der Waals surface area (Å²) in [6.07, 6.45) is 0. The van der Waals surface area contributed by atoms with Gasteiger partial charge in [-0.2, -0.15) is 0 Å². The maximum atomic E-state index is 11.8. The molecular weight excluding hydrogens is 234 g/mol.